The maximum absolute atomic E-state index is 11.8. The van der Waals surface area contributed by atoms with Crippen molar-refractivity contribution in [1.82, 2.24) is 10.3 Å². The summed E-state index contributed by atoms with van der Waals surface area (Å²) in [6.45, 7) is 0. The number of aliphatic hydroxyl groups is 1. The Morgan fingerprint density at radius 3 is 2.69 bits per heavy atom. The van der Waals surface area contributed by atoms with Gasteiger partial charge >= 0.3 is 0 Å². The number of carbonyl (C=O) groups excluding carboxylic acids is 1. The fourth-order valence-electron chi connectivity index (χ4n) is 2.03. The second-order valence-electron chi connectivity index (χ2n) is 4.17. The highest BCUT2D eigenvalue weighted by Crippen LogP contribution is 2.18. The normalized spacial score (nSPS) is 25.1. The highest BCUT2D eigenvalue weighted by molar-refractivity contribution is 5.94. The third kappa shape index (κ3) is 2.58. The molecule has 4 heteroatoms. The summed E-state index contributed by atoms with van der Waals surface area (Å²) in [5, 5.41) is 12.6. The van der Waals surface area contributed by atoms with E-state index in [4.69, 9.17) is 0 Å². The van der Waals surface area contributed by atoms with Crippen LogP contribution in [0.5, 0.6) is 0 Å². The quantitative estimate of drug-likeness (QED) is 0.785. The Balaban J connectivity index is 1.96. The Kier molecular flexibility index (Phi) is 3.51. The molecule has 1 aliphatic rings. The lowest BCUT2D eigenvalue weighted by Crippen LogP contribution is -2.45. The molecule has 0 aliphatic heterocycles. The van der Waals surface area contributed by atoms with E-state index in [0.717, 1.165) is 25.7 Å². The van der Waals surface area contributed by atoms with Crippen LogP contribution in [0.25, 0.3) is 0 Å². The zero-order chi connectivity index (χ0) is 11.4. The highest BCUT2D eigenvalue weighted by Gasteiger charge is 2.24. The van der Waals surface area contributed by atoms with Crippen molar-refractivity contribution in [3.8, 4) is 0 Å². The molecule has 0 unspecified atom stereocenters. The van der Waals surface area contributed by atoms with Gasteiger partial charge in [0.1, 0.15) is 0 Å². The van der Waals surface area contributed by atoms with Crippen molar-refractivity contribution in [2.45, 2.75) is 37.8 Å². The van der Waals surface area contributed by atoms with E-state index in [0.29, 0.717) is 5.56 Å². The molecule has 86 valence electrons. The average molecular weight is 220 g/mol. The Hall–Kier alpha value is -1.42. The van der Waals surface area contributed by atoms with Gasteiger partial charge in [-0.1, -0.05) is 12.8 Å². The van der Waals surface area contributed by atoms with Gasteiger partial charge in [0.15, 0.2) is 0 Å². The van der Waals surface area contributed by atoms with E-state index in [1.54, 1.807) is 24.5 Å². The van der Waals surface area contributed by atoms with E-state index >= 15 is 0 Å². The van der Waals surface area contributed by atoms with Crippen LogP contribution < -0.4 is 5.32 Å². The minimum atomic E-state index is -0.403. The van der Waals surface area contributed by atoms with Crippen LogP contribution in [0.1, 0.15) is 36.0 Å². The molecule has 2 rings (SSSR count). The summed E-state index contributed by atoms with van der Waals surface area (Å²) in [6.07, 6.45) is 6.53. The molecular weight excluding hydrogens is 204 g/mol. The number of aliphatic hydroxyl groups excluding tert-OH is 1. The second-order valence-corrected chi connectivity index (χ2v) is 4.17. The number of hydrogen-bond acceptors (Lipinski definition) is 3. The standard InChI is InChI=1S/C12H16N2O2/c15-11-4-2-1-3-10(11)14-12(16)9-5-7-13-8-6-9/h5-8,10-11,15H,1-4H2,(H,14,16)/t10-,11-/m0/s1. The van der Waals surface area contributed by atoms with Crippen molar-refractivity contribution in [3.05, 3.63) is 30.1 Å². The number of carbonyl (C=O) groups is 1. The maximum Gasteiger partial charge on any atom is 0.251 e. The van der Waals surface area contributed by atoms with Crippen LogP contribution in [-0.2, 0) is 0 Å². The van der Waals surface area contributed by atoms with Crippen molar-refractivity contribution in [3.63, 3.8) is 0 Å². The van der Waals surface area contributed by atoms with E-state index in [1.807, 2.05) is 0 Å². The number of nitrogens with one attached hydrogen (secondary N) is 1. The van der Waals surface area contributed by atoms with Gasteiger partial charge in [0.05, 0.1) is 12.1 Å². The van der Waals surface area contributed by atoms with Gasteiger partial charge in [-0.15, -0.1) is 0 Å². The number of nitrogens with zero attached hydrogens (tertiary/aromatic N) is 1. The van der Waals surface area contributed by atoms with Crippen LogP contribution in [0.4, 0.5) is 0 Å². The van der Waals surface area contributed by atoms with Gasteiger partial charge in [0.25, 0.3) is 5.91 Å². The number of hydrogen-bond donors (Lipinski definition) is 2. The predicted molar refractivity (Wildman–Crippen MR) is 60.0 cm³/mol. The Labute approximate surface area is 94.7 Å². The zero-order valence-corrected chi connectivity index (χ0v) is 9.10. The van der Waals surface area contributed by atoms with Crippen molar-refractivity contribution in [1.29, 1.82) is 0 Å². The van der Waals surface area contributed by atoms with Crippen LogP contribution in [0.15, 0.2) is 24.5 Å². The molecule has 2 atom stereocenters. The fourth-order valence-corrected chi connectivity index (χ4v) is 2.03. The number of aromatic nitrogens is 1. The largest absolute Gasteiger partial charge is 0.391 e. The molecule has 1 amide bonds. The van der Waals surface area contributed by atoms with Crippen molar-refractivity contribution in [2.75, 3.05) is 0 Å². The summed E-state index contributed by atoms with van der Waals surface area (Å²) in [5.74, 6) is -0.131. The van der Waals surface area contributed by atoms with E-state index in [9.17, 15) is 9.90 Å². The Morgan fingerprint density at radius 2 is 2.00 bits per heavy atom. The molecule has 2 N–H and O–H groups in total. The lowest BCUT2D eigenvalue weighted by molar-refractivity contribution is 0.0717. The molecule has 1 fully saturated rings. The monoisotopic (exact) mass is 220 g/mol. The Morgan fingerprint density at radius 1 is 1.31 bits per heavy atom. The van der Waals surface area contributed by atoms with E-state index in [2.05, 4.69) is 10.3 Å². The molecule has 0 bridgehead atoms. The van der Waals surface area contributed by atoms with E-state index in [1.165, 1.54) is 0 Å². The first kappa shape index (κ1) is 11.1. The molecule has 0 saturated heterocycles. The third-order valence-electron chi connectivity index (χ3n) is 2.99. The SMILES string of the molecule is O=C(N[C@H]1CCCC[C@@H]1O)c1ccncc1. The molecule has 4 nitrogen and oxygen atoms in total. The summed E-state index contributed by atoms with van der Waals surface area (Å²) in [6, 6.07) is 3.24. The number of pyridine rings is 1. The lowest BCUT2D eigenvalue weighted by atomic mass is 9.92. The van der Waals surface area contributed by atoms with Gasteiger partial charge < -0.3 is 10.4 Å². The molecular formula is C12H16N2O2. The van der Waals surface area contributed by atoms with Crippen LogP contribution in [-0.4, -0.2) is 28.1 Å². The molecule has 1 heterocycles. The summed E-state index contributed by atoms with van der Waals surface area (Å²) >= 11 is 0. The first-order chi connectivity index (χ1) is 7.77. The van der Waals surface area contributed by atoms with Gasteiger partial charge in [-0.25, -0.2) is 0 Å². The molecule has 0 spiro atoms. The molecule has 0 aromatic carbocycles. The summed E-state index contributed by atoms with van der Waals surface area (Å²) in [5.41, 5.74) is 0.591. The van der Waals surface area contributed by atoms with Gasteiger partial charge in [0.2, 0.25) is 0 Å². The van der Waals surface area contributed by atoms with Gasteiger partial charge in [-0.05, 0) is 25.0 Å². The van der Waals surface area contributed by atoms with E-state index in [-0.39, 0.29) is 11.9 Å². The zero-order valence-electron chi connectivity index (χ0n) is 9.10. The molecule has 1 saturated carbocycles. The summed E-state index contributed by atoms with van der Waals surface area (Å²) in [7, 11) is 0. The summed E-state index contributed by atoms with van der Waals surface area (Å²) in [4.78, 5) is 15.7. The Bertz CT molecular complexity index is 353. The predicted octanol–water partition coefficient (Wildman–Crippen LogP) is 1.11. The van der Waals surface area contributed by atoms with Crippen LogP contribution in [0.2, 0.25) is 0 Å². The van der Waals surface area contributed by atoms with Gasteiger partial charge in [-0.3, -0.25) is 9.78 Å². The first-order valence-corrected chi connectivity index (χ1v) is 5.66. The molecule has 1 aliphatic carbocycles. The number of amides is 1. The topological polar surface area (TPSA) is 62.2 Å². The fraction of sp³-hybridized carbons (Fsp3) is 0.500. The summed E-state index contributed by atoms with van der Waals surface area (Å²) < 4.78 is 0. The first-order valence-electron chi connectivity index (χ1n) is 5.66. The van der Waals surface area contributed by atoms with Crippen LogP contribution in [0.3, 0.4) is 0 Å². The lowest BCUT2D eigenvalue weighted by Gasteiger charge is -2.28. The second kappa shape index (κ2) is 5.07. The van der Waals surface area contributed by atoms with Gasteiger partial charge in [-0.2, -0.15) is 0 Å². The third-order valence-corrected chi connectivity index (χ3v) is 2.99. The molecule has 1 aromatic rings. The van der Waals surface area contributed by atoms with Crippen LogP contribution in [0, 0.1) is 0 Å². The van der Waals surface area contributed by atoms with Crippen LogP contribution >= 0.6 is 0 Å². The average Bonchev–Trinajstić information content (AvgIpc) is 2.33. The van der Waals surface area contributed by atoms with Gasteiger partial charge in [0, 0.05) is 18.0 Å². The molecule has 1 aromatic heterocycles. The van der Waals surface area contributed by atoms with Crippen molar-refractivity contribution < 1.29 is 9.90 Å². The maximum atomic E-state index is 11.8. The highest BCUT2D eigenvalue weighted by atomic mass is 16.3. The smallest absolute Gasteiger partial charge is 0.251 e. The van der Waals surface area contributed by atoms with E-state index < -0.39 is 6.10 Å². The molecule has 16 heavy (non-hydrogen) atoms. The minimum absolute atomic E-state index is 0.102. The van der Waals surface area contributed by atoms with Crippen molar-refractivity contribution in [2.24, 2.45) is 0 Å². The molecule has 0 radical (unpaired) electrons. The number of rotatable bonds is 2. The van der Waals surface area contributed by atoms with Crippen molar-refractivity contribution >= 4 is 5.91 Å². The minimum Gasteiger partial charge on any atom is -0.391 e.